The Morgan fingerprint density at radius 3 is 1.17 bits per heavy atom. The lowest BCUT2D eigenvalue weighted by atomic mass is 9.99. The minimum Gasteiger partial charge on any atom is -0.394 e. The summed E-state index contributed by atoms with van der Waals surface area (Å²) in [6, 6.07) is -0.856. The monoisotopic (exact) mass is 1140 g/mol. The van der Waals surface area contributed by atoms with Crippen LogP contribution in [0.1, 0.15) is 239 Å². The third-order valence-corrected chi connectivity index (χ3v) is 14.3. The number of rotatable bonds is 54. The van der Waals surface area contributed by atoms with E-state index in [-0.39, 0.29) is 12.5 Å². The molecule has 0 aromatic rings. The highest BCUT2D eigenvalue weighted by Gasteiger charge is 2.44. The second-order valence-corrected chi connectivity index (χ2v) is 21.8. The summed E-state index contributed by atoms with van der Waals surface area (Å²) in [5.41, 5.74) is 0. The molecule has 0 saturated carbocycles. The number of aliphatic hydroxyl groups excluding tert-OH is 5. The quantitative estimate of drug-likeness (QED) is 0.0261. The molecule has 1 amide bonds. The average molecular weight is 1140 g/mol. The predicted octanol–water partition coefficient (Wildman–Crippen LogP) is 17.6. The highest BCUT2D eigenvalue weighted by atomic mass is 16.7. The number of carbonyl (C=O) groups excluding carboxylic acids is 1. The van der Waals surface area contributed by atoms with Crippen LogP contribution in [0, 0.1) is 0 Å². The molecule has 1 aliphatic heterocycles. The topological polar surface area (TPSA) is 149 Å². The largest absolute Gasteiger partial charge is 0.394 e. The summed E-state index contributed by atoms with van der Waals surface area (Å²) in [5.74, 6) is -0.221. The first-order chi connectivity index (χ1) is 40.3. The molecule has 0 aromatic heterocycles. The zero-order valence-electron chi connectivity index (χ0n) is 51.7. The zero-order chi connectivity index (χ0) is 59.3. The van der Waals surface area contributed by atoms with Crippen molar-refractivity contribution < 1.29 is 39.8 Å². The van der Waals surface area contributed by atoms with Crippen LogP contribution in [0.5, 0.6) is 0 Å². The van der Waals surface area contributed by atoms with Gasteiger partial charge in [0.25, 0.3) is 0 Å². The van der Waals surface area contributed by atoms with Crippen LogP contribution in [-0.2, 0) is 14.3 Å². The van der Waals surface area contributed by atoms with Crippen molar-refractivity contribution in [2.24, 2.45) is 0 Å². The molecular formula is C73H119NO8. The minimum absolute atomic E-state index is 0.221. The van der Waals surface area contributed by atoms with Gasteiger partial charge in [0.1, 0.15) is 24.4 Å². The summed E-state index contributed by atoms with van der Waals surface area (Å²) in [7, 11) is 0. The van der Waals surface area contributed by atoms with Crippen molar-refractivity contribution >= 4 is 5.91 Å². The molecule has 9 nitrogen and oxygen atoms in total. The molecule has 7 atom stereocenters. The van der Waals surface area contributed by atoms with Crippen molar-refractivity contribution in [2.45, 2.75) is 281 Å². The molecule has 1 heterocycles. The van der Waals surface area contributed by atoms with Gasteiger partial charge in [-0.05, 0) is 122 Å². The molecule has 7 unspecified atom stereocenters. The van der Waals surface area contributed by atoms with Crippen LogP contribution in [0.4, 0.5) is 0 Å². The van der Waals surface area contributed by atoms with Crippen LogP contribution < -0.4 is 5.32 Å². The number of ether oxygens (including phenoxy) is 2. The Balaban J connectivity index is 2.26. The number of hydrogen-bond donors (Lipinski definition) is 6. The fourth-order valence-corrected chi connectivity index (χ4v) is 9.22. The van der Waals surface area contributed by atoms with Crippen molar-refractivity contribution in [3.63, 3.8) is 0 Å². The van der Waals surface area contributed by atoms with Crippen LogP contribution in [-0.4, -0.2) is 87.5 Å². The fraction of sp³-hybridized carbons (Fsp3) is 0.630. The molecule has 464 valence electrons. The highest BCUT2D eigenvalue weighted by molar-refractivity contribution is 5.76. The van der Waals surface area contributed by atoms with Crippen LogP contribution in [0.25, 0.3) is 0 Å². The van der Waals surface area contributed by atoms with Crippen LogP contribution in [0.15, 0.2) is 158 Å². The maximum Gasteiger partial charge on any atom is 0.220 e. The zero-order valence-corrected chi connectivity index (χ0v) is 51.7. The molecule has 0 aliphatic carbocycles. The number of carbonyl (C=O) groups is 1. The lowest BCUT2D eigenvalue weighted by Gasteiger charge is -2.40. The van der Waals surface area contributed by atoms with E-state index in [1.807, 2.05) is 6.08 Å². The molecule has 1 saturated heterocycles. The maximum atomic E-state index is 13.1. The molecule has 0 bridgehead atoms. The maximum absolute atomic E-state index is 13.1. The van der Waals surface area contributed by atoms with Crippen molar-refractivity contribution in [3.8, 4) is 0 Å². The van der Waals surface area contributed by atoms with E-state index >= 15 is 0 Å². The Bertz CT molecular complexity index is 1850. The van der Waals surface area contributed by atoms with E-state index in [4.69, 9.17) is 9.47 Å². The van der Waals surface area contributed by atoms with Crippen molar-refractivity contribution in [2.75, 3.05) is 13.2 Å². The smallest absolute Gasteiger partial charge is 0.220 e. The van der Waals surface area contributed by atoms with E-state index in [9.17, 15) is 30.3 Å². The van der Waals surface area contributed by atoms with Crippen LogP contribution in [0.3, 0.4) is 0 Å². The Kier molecular flexibility index (Phi) is 55.4. The highest BCUT2D eigenvalue weighted by Crippen LogP contribution is 2.23. The Labute approximate surface area is 501 Å². The third kappa shape index (κ3) is 48.2. The van der Waals surface area contributed by atoms with Crippen molar-refractivity contribution in [3.05, 3.63) is 158 Å². The molecule has 1 fully saturated rings. The number of allylic oxidation sites excluding steroid dienone is 25. The normalized spacial score (nSPS) is 19.4. The summed E-state index contributed by atoms with van der Waals surface area (Å²) in [4.78, 5) is 13.1. The number of amides is 1. The van der Waals surface area contributed by atoms with Gasteiger partial charge in [-0.15, -0.1) is 0 Å². The van der Waals surface area contributed by atoms with Gasteiger partial charge < -0.3 is 40.3 Å². The number of hydrogen-bond acceptors (Lipinski definition) is 8. The molecule has 9 heteroatoms. The van der Waals surface area contributed by atoms with Crippen molar-refractivity contribution in [1.82, 2.24) is 5.32 Å². The van der Waals surface area contributed by atoms with Gasteiger partial charge in [-0.2, -0.15) is 0 Å². The first-order valence-corrected chi connectivity index (χ1v) is 32.7. The second kappa shape index (κ2) is 60.0. The van der Waals surface area contributed by atoms with E-state index in [1.165, 1.54) is 89.9 Å². The summed E-state index contributed by atoms with van der Waals surface area (Å²) in [6.45, 7) is 3.63. The third-order valence-electron chi connectivity index (χ3n) is 14.3. The summed E-state index contributed by atoms with van der Waals surface area (Å²) in [6.07, 6.45) is 87.5. The lowest BCUT2D eigenvalue weighted by Crippen LogP contribution is -2.60. The van der Waals surface area contributed by atoms with Gasteiger partial charge in [-0.1, -0.05) is 268 Å². The molecule has 1 rings (SSSR count). The summed E-state index contributed by atoms with van der Waals surface area (Å²) < 4.78 is 11.3. The van der Waals surface area contributed by atoms with Gasteiger partial charge in [-0.3, -0.25) is 4.79 Å². The van der Waals surface area contributed by atoms with Gasteiger partial charge >= 0.3 is 0 Å². The number of nitrogens with one attached hydrogen (secondary N) is 1. The summed E-state index contributed by atoms with van der Waals surface area (Å²) >= 11 is 0. The van der Waals surface area contributed by atoms with Crippen LogP contribution in [0.2, 0.25) is 0 Å². The van der Waals surface area contributed by atoms with Gasteiger partial charge in [0.15, 0.2) is 6.29 Å². The van der Waals surface area contributed by atoms with Gasteiger partial charge in [-0.25, -0.2) is 0 Å². The standard InChI is InChI=1S/C73H119NO8/c1-3-5-7-9-11-13-15-17-19-21-23-25-27-29-30-31-32-33-34-35-36-37-38-39-41-43-45-47-49-51-53-55-57-59-61-63-69(77)74-66(65-81-73-72(80)71(79)70(78)68(64-75)82-73)67(76)62-60-58-56-54-52-50-48-46-44-42-40-28-26-24-22-20-18-16-14-12-10-8-6-4-2/h5,7,11,13,17,19,23,25,29-30,32-33,35-36,38-39,43-46,49,51-52,54,60,62,66-68,70-73,75-76,78-80H,3-4,6,8-10,12,14-16,18,20-22,24,26-28,31,34,37,40-42,47-48,50,53,55-59,61,63-65H2,1-2H3,(H,74,77)/b7-5-,13-11-,19-17-,25-23-,30-29-,33-32-,36-35-,39-38-,45-43-,46-44+,51-49-,54-52+,62-60+. The Morgan fingerprint density at radius 1 is 0.427 bits per heavy atom. The van der Waals surface area contributed by atoms with E-state index < -0.39 is 49.5 Å². The Hall–Kier alpha value is -4.19. The SMILES string of the molecule is CC/C=C\C/C=C\C/C=C\C/C=C\C/C=C\C/C=C\C/C=C\C/C=C\C/C=C\C/C=C\CCCCCCC(=O)NC(COC1OC(CO)C(O)C(O)C1O)C(O)/C=C/CC/C=C/CC/C=C/CCCCCCCCCCCCCCCC. The van der Waals surface area contributed by atoms with E-state index in [0.717, 1.165) is 116 Å². The first-order valence-electron chi connectivity index (χ1n) is 32.7. The van der Waals surface area contributed by atoms with Crippen LogP contribution >= 0.6 is 0 Å². The number of unbranched alkanes of at least 4 members (excludes halogenated alkanes) is 20. The molecule has 0 radical (unpaired) electrons. The van der Waals surface area contributed by atoms with E-state index in [2.05, 4.69) is 165 Å². The average Bonchev–Trinajstić information content (AvgIpc) is 3.52. The van der Waals surface area contributed by atoms with E-state index in [0.29, 0.717) is 19.3 Å². The molecule has 82 heavy (non-hydrogen) atoms. The fourth-order valence-electron chi connectivity index (χ4n) is 9.22. The van der Waals surface area contributed by atoms with Gasteiger partial charge in [0, 0.05) is 6.42 Å². The van der Waals surface area contributed by atoms with Gasteiger partial charge in [0.05, 0.1) is 25.4 Å². The van der Waals surface area contributed by atoms with Crippen molar-refractivity contribution in [1.29, 1.82) is 0 Å². The first kappa shape index (κ1) is 75.8. The summed E-state index contributed by atoms with van der Waals surface area (Å²) in [5, 5.41) is 54.6. The molecule has 6 N–H and O–H groups in total. The molecular weight excluding hydrogens is 1020 g/mol. The Morgan fingerprint density at radius 2 is 0.768 bits per heavy atom. The second-order valence-electron chi connectivity index (χ2n) is 21.8. The molecule has 1 aliphatic rings. The molecule has 0 aromatic carbocycles. The minimum atomic E-state index is -1.59. The predicted molar refractivity (Wildman–Crippen MR) is 349 cm³/mol. The lowest BCUT2D eigenvalue weighted by molar-refractivity contribution is -0.302. The van der Waals surface area contributed by atoms with Gasteiger partial charge in [0.2, 0.25) is 5.91 Å². The number of aliphatic hydroxyl groups is 5. The van der Waals surface area contributed by atoms with E-state index in [1.54, 1.807) is 6.08 Å². The molecule has 0 spiro atoms.